The Balaban J connectivity index is 1.83. The van der Waals surface area contributed by atoms with Crippen LogP contribution in [0.4, 0.5) is 0 Å². The number of rotatable bonds is 7. The van der Waals surface area contributed by atoms with Crippen molar-refractivity contribution < 1.29 is 34.1 Å². The molecular formula is C25H25NO7. The van der Waals surface area contributed by atoms with Gasteiger partial charge in [-0.1, -0.05) is 37.4 Å². The second-order valence-electron chi connectivity index (χ2n) is 8.38. The number of ether oxygens (including phenoxy) is 2. The van der Waals surface area contributed by atoms with E-state index >= 15 is 0 Å². The molecule has 0 aromatic heterocycles. The minimum absolute atomic E-state index is 0.00568. The molecule has 8 heteroatoms. The Morgan fingerprint density at radius 1 is 1.18 bits per heavy atom. The van der Waals surface area contributed by atoms with Crippen molar-refractivity contribution in [2.75, 3.05) is 13.2 Å². The van der Waals surface area contributed by atoms with Crippen molar-refractivity contribution in [3.05, 3.63) is 77.3 Å². The number of aliphatic hydroxyl groups is 2. The summed E-state index contributed by atoms with van der Waals surface area (Å²) in [5.74, 6) is -4.22. The van der Waals surface area contributed by atoms with Gasteiger partial charge in [0.05, 0.1) is 5.56 Å². The monoisotopic (exact) mass is 451 g/mol. The molecule has 4 N–H and O–H groups in total. The molecule has 1 amide bonds. The fourth-order valence-corrected chi connectivity index (χ4v) is 5.08. The van der Waals surface area contributed by atoms with Gasteiger partial charge in [-0.05, 0) is 30.4 Å². The highest BCUT2D eigenvalue weighted by Gasteiger charge is 2.59. The lowest BCUT2D eigenvalue weighted by Crippen LogP contribution is -2.57. The molecule has 3 aliphatic carbocycles. The van der Waals surface area contributed by atoms with Crippen LogP contribution in [0.25, 0.3) is 0 Å². The molecule has 0 saturated heterocycles. The summed E-state index contributed by atoms with van der Waals surface area (Å²) in [4.78, 5) is 38.8. The first-order valence-corrected chi connectivity index (χ1v) is 10.6. The summed E-state index contributed by atoms with van der Waals surface area (Å²) in [6, 6.07) is 5.24. The van der Waals surface area contributed by atoms with Gasteiger partial charge < -0.3 is 25.4 Å². The van der Waals surface area contributed by atoms with Gasteiger partial charge in [0.15, 0.2) is 11.4 Å². The van der Waals surface area contributed by atoms with E-state index in [9.17, 15) is 24.6 Å². The van der Waals surface area contributed by atoms with Gasteiger partial charge in [0.2, 0.25) is 5.78 Å². The SMILES string of the molecule is C=CCOC1=C(C(N)=O)C(=O)[C@@]2(O)C(O)=C3C(=O)c4c(cccc4OCC=C)C[C@H]3C[C@H]2C1. The highest BCUT2D eigenvalue weighted by atomic mass is 16.5. The van der Waals surface area contributed by atoms with Crippen LogP contribution in [0, 0.1) is 11.8 Å². The summed E-state index contributed by atoms with van der Waals surface area (Å²) in [5.41, 5.74) is 3.45. The number of carbonyl (C=O) groups excluding carboxylic acids is 3. The molecule has 8 nitrogen and oxygen atoms in total. The van der Waals surface area contributed by atoms with E-state index in [0.29, 0.717) is 12.2 Å². The number of carbonyl (C=O) groups is 3. The lowest BCUT2D eigenvalue weighted by Gasteiger charge is -2.46. The van der Waals surface area contributed by atoms with Gasteiger partial charge in [0, 0.05) is 17.9 Å². The number of nitrogens with two attached hydrogens (primary N) is 1. The number of amides is 1. The van der Waals surface area contributed by atoms with Crippen molar-refractivity contribution in [3.8, 4) is 5.75 Å². The predicted molar refractivity (Wildman–Crippen MR) is 118 cm³/mol. The maximum atomic E-state index is 13.5. The largest absolute Gasteiger partial charge is 0.508 e. The minimum atomic E-state index is -2.44. The Kier molecular flexibility index (Phi) is 5.71. The molecule has 0 aliphatic heterocycles. The molecule has 0 radical (unpaired) electrons. The quantitative estimate of drug-likeness (QED) is 0.426. The van der Waals surface area contributed by atoms with Crippen LogP contribution in [0.2, 0.25) is 0 Å². The molecule has 0 bridgehead atoms. The highest BCUT2D eigenvalue weighted by Crippen LogP contribution is 2.51. The number of benzene rings is 1. The third kappa shape index (κ3) is 3.38. The summed E-state index contributed by atoms with van der Waals surface area (Å²) in [6.45, 7) is 7.38. The maximum absolute atomic E-state index is 13.5. The lowest BCUT2D eigenvalue weighted by atomic mass is 9.60. The number of ketones is 2. The zero-order valence-electron chi connectivity index (χ0n) is 18.0. The zero-order valence-corrected chi connectivity index (χ0v) is 18.0. The van der Waals surface area contributed by atoms with Gasteiger partial charge in [-0.2, -0.15) is 0 Å². The number of Topliss-reactive ketones (excluding diaryl/α,β-unsaturated/α-hetero) is 2. The topological polar surface area (TPSA) is 136 Å². The van der Waals surface area contributed by atoms with E-state index in [-0.39, 0.29) is 43.0 Å². The number of fused-ring (bicyclic) bond motifs is 3. The molecule has 0 spiro atoms. The molecule has 1 aromatic carbocycles. The molecule has 0 saturated carbocycles. The van der Waals surface area contributed by atoms with Gasteiger partial charge in [0.1, 0.15) is 36.1 Å². The molecule has 0 heterocycles. The molecular weight excluding hydrogens is 426 g/mol. The summed E-state index contributed by atoms with van der Waals surface area (Å²) >= 11 is 0. The number of primary amides is 1. The molecule has 4 rings (SSSR count). The van der Waals surface area contributed by atoms with E-state index in [1.54, 1.807) is 18.2 Å². The summed E-state index contributed by atoms with van der Waals surface area (Å²) in [6.07, 6.45) is 3.66. The van der Waals surface area contributed by atoms with E-state index in [1.165, 1.54) is 6.08 Å². The molecule has 0 unspecified atom stereocenters. The van der Waals surface area contributed by atoms with Gasteiger partial charge in [-0.3, -0.25) is 14.4 Å². The van der Waals surface area contributed by atoms with Gasteiger partial charge in [0.25, 0.3) is 5.91 Å². The summed E-state index contributed by atoms with van der Waals surface area (Å²) in [7, 11) is 0. The van der Waals surface area contributed by atoms with Crippen molar-refractivity contribution in [1.29, 1.82) is 0 Å². The van der Waals surface area contributed by atoms with E-state index in [4.69, 9.17) is 15.2 Å². The van der Waals surface area contributed by atoms with Crippen LogP contribution < -0.4 is 10.5 Å². The van der Waals surface area contributed by atoms with Crippen molar-refractivity contribution in [2.45, 2.75) is 24.9 Å². The van der Waals surface area contributed by atoms with Crippen LogP contribution in [0.15, 0.2) is 66.2 Å². The molecule has 0 fully saturated rings. The average Bonchev–Trinajstić information content (AvgIpc) is 2.78. The first-order valence-electron chi connectivity index (χ1n) is 10.6. The first-order chi connectivity index (χ1) is 15.7. The van der Waals surface area contributed by atoms with Crippen LogP contribution in [-0.2, 0) is 20.7 Å². The van der Waals surface area contributed by atoms with Crippen LogP contribution >= 0.6 is 0 Å². The lowest BCUT2D eigenvalue weighted by molar-refractivity contribution is -0.144. The minimum Gasteiger partial charge on any atom is -0.508 e. The Bertz CT molecular complexity index is 1150. The number of aliphatic hydroxyl groups excluding tert-OH is 1. The van der Waals surface area contributed by atoms with Crippen LogP contribution in [0.5, 0.6) is 5.75 Å². The van der Waals surface area contributed by atoms with Crippen molar-refractivity contribution in [3.63, 3.8) is 0 Å². The second-order valence-corrected chi connectivity index (χ2v) is 8.38. The average molecular weight is 451 g/mol. The van der Waals surface area contributed by atoms with Gasteiger partial charge >= 0.3 is 0 Å². The standard InChI is InChI=1S/C25H25NO7/c1-3-8-32-16-7-5-6-13-10-14-11-15-12-17(33-9-4-2)20(24(26)30)23(29)25(15,31)22(28)19(14)21(27)18(13)16/h3-7,14-15,28,31H,1-2,8-12H2,(H2,26,30)/t14-,15-,25-/m0/s1. The maximum Gasteiger partial charge on any atom is 0.255 e. The molecule has 3 aliphatic rings. The van der Waals surface area contributed by atoms with E-state index in [0.717, 1.165) is 5.56 Å². The van der Waals surface area contributed by atoms with Gasteiger partial charge in [-0.25, -0.2) is 0 Å². The predicted octanol–water partition coefficient (Wildman–Crippen LogP) is 2.08. The van der Waals surface area contributed by atoms with Crippen molar-refractivity contribution in [2.24, 2.45) is 17.6 Å². The normalized spacial score (nSPS) is 26.2. The van der Waals surface area contributed by atoms with Crippen LogP contribution in [-0.4, -0.2) is 46.5 Å². The van der Waals surface area contributed by atoms with Gasteiger partial charge in [-0.15, -0.1) is 0 Å². The van der Waals surface area contributed by atoms with E-state index in [1.807, 2.05) is 6.07 Å². The van der Waals surface area contributed by atoms with Crippen LogP contribution in [0.3, 0.4) is 0 Å². The number of allylic oxidation sites excluding steroid dienone is 2. The molecule has 33 heavy (non-hydrogen) atoms. The highest BCUT2D eigenvalue weighted by molar-refractivity contribution is 6.24. The number of hydrogen-bond acceptors (Lipinski definition) is 7. The van der Waals surface area contributed by atoms with E-state index in [2.05, 4.69) is 13.2 Å². The summed E-state index contributed by atoms with van der Waals surface area (Å²) < 4.78 is 11.1. The third-order valence-electron chi connectivity index (χ3n) is 6.50. The van der Waals surface area contributed by atoms with Crippen molar-refractivity contribution in [1.82, 2.24) is 0 Å². The fourth-order valence-electron chi connectivity index (χ4n) is 5.08. The smallest absolute Gasteiger partial charge is 0.255 e. The third-order valence-corrected chi connectivity index (χ3v) is 6.50. The molecule has 1 aromatic rings. The Labute approximate surface area is 190 Å². The Morgan fingerprint density at radius 3 is 2.55 bits per heavy atom. The fraction of sp³-hybridized carbons (Fsp3) is 0.320. The second kappa shape index (κ2) is 8.37. The molecule has 172 valence electrons. The number of hydrogen-bond donors (Lipinski definition) is 3. The van der Waals surface area contributed by atoms with Crippen molar-refractivity contribution >= 4 is 17.5 Å². The summed E-state index contributed by atoms with van der Waals surface area (Å²) in [5, 5.41) is 22.6. The molecule has 3 atom stereocenters. The zero-order chi connectivity index (χ0) is 23.9. The first kappa shape index (κ1) is 22.5. The Morgan fingerprint density at radius 2 is 1.88 bits per heavy atom. The Hall–Kier alpha value is -3.65. The van der Waals surface area contributed by atoms with E-state index < -0.39 is 46.2 Å². The van der Waals surface area contributed by atoms with Crippen LogP contribution in [0.1, 0.15) is 28.8 Å².